The second-order valence-electron chi connectivity index (χ2n) is 15.4. The Bertz CT molecular complexity index is 1160. The molecule has 3 aliphatic rings. The van der Waals surface area contributed by atoms with Crippen molar-refractivity contribution >= 4 is 24.1 Å². The minimum Gasteiger partial charge on any atom is -0.459 e. The molecule has 12 atom stereocenters. The van der Waals surface area contributed by atoms with E-state index in [2.05, 4.69) is 21.3 Å². The lowest BCUT2D eigenvalue weighted by Gasteiger charge is -2.47. The van der Waals surface area contributed by atoms with E-state index in [1.54, 1.807) is 21.0 Å². The maximum absolute atomic E-state index is 14.0. The lowest BCUT2D eigenvalue weighted by molar-refractivity contribution is -0.296. The van der Waals surface area contributed by atoms with Crippen molar-refractivity contribution < 1.29 is 48.0 Å². The Hall–Kier alpha value is -2.24. The molecule has 3 fully saturated rings. The number of aliphatic hydroxyl groups is 1. The monoisotopic (exact) mass is 727 g/mol. The first kappa shape index (κ1) is 43.2. The van der Waals surface area contributed by atoms with Crippen molar-refractivity contribution in [1.82, 2.24) is 26.2 Å². The quantitative estimate of drug-likeness (QED) is 0.101. The van der Waals surface area contributed by atoms with Crippen LogP contribution in [0.25, 0.3) is 0 Å². The number of carbonyl (C=O) groups excluding carboxylic acids is 4. The van der Waals surface area contributed by atoms with E-state index in [-0.39, 0.29) is 37.0 Å². The van der Waals surface area contributed by atoms with Crippen LogP contribution in [-0.4, -0.2) is 148 Å². The minimum atomic E-state index is -1.17. The van der Waals surface area contributed by atoms with Crippen LogP contribution in [0.15, 0.2) is 0 Å². The minimum absolute atomic E-state index is 0.0274. The Morgan fingerprint density at radius 1 is 1.14 bits per heavy atom. The van der Waals surface area contributed by atoms with Crippen LogP contribution in [-0.2, 0) is 42.9 Å². The molecule has 2 aliphatic heterocycles. The van der Waals surface area contributed by atoms with Gasteiger partial charge in [-0.3, -0.25) is 19.2 Å². The van der Waals surface area contributed by atoms with Crippen LogP contribution in [0.2, 0.25) is 0 Å². The van der Waals surface area contributed by atoms with E-state index in [0.29, 0.717) is 38.3 Å². The normalized spacial score (nSPS) is 39.1. The number of amides is 2. The highest BCUT2D eigenvalue weighted by molar-refractivity contribution is 5.97. The van der Waals surface area contributed by atoms with Crippen LogP contribution in [0.5, 0.6) is 0 Å². The van der Waals surface area contributed by atoms with Gasteiger partial charge in [0.2, 0.25) is 12.3 Å². The number of hydrogen-bond acceptors (Lipinski definition) is 13. The maximum atomic E-state index is 14.0. The lowest BCUT2D eigenvalue weighted by Crippen LogP contribution is -2.64. The van der Waals surface area contributed by atoms with Gasteiger partial charge in [-0.15, -0.1) is 0 Å². The fourth-order valence-corrected chi connectivity index (χ4v) is 7.63. The van der Waals surface area contributed by atoms with Crippen LogP contribution in [0.1, 0.15) is 80.1 Å². The summed E-state index contributed by atoms with van der Waals surface area (Å²) >= 11 is 0. The third-order valence-corrected chi connectivity index (χ3v) is 11.1. The van der Waals surface area contributed by atoms with Crippen molar-refractivity contribution in [2.24, 2.45) is 11.8 Å². The number of rotatable bonds is 13. The molecule has 2 saturated heterocycles. The first-order chi connectivity index (χ1) is 24.0. The van der Waals surface area contributed by atoms with Gasteiger partial charge >= 0.3 is 5.97 Å². The summed E-state index contributed by atoms with van der Waals surface area (Å²) in [5, 5.41) is 24.1. The van der Waals surface area contributed by atoms with E-state index in [4.69, 9.17) is 23.7 Å². The zero-order valence-corrected chi connectivity index (χ0v) is 32.4. The third-order valence-electron chi connectivity index (χ3n) is 11.1. The van der Waals surface area contributed by atoms with Gasteiger partial charge in [0.05, 0.1) is 30.4 Å². The van der Waals surface area contributed by atoms with Crippen LogP contribution in [0.4, 0.5) is 0 Å². The topological polar surface area (TPSA) is 186 Å². The van der Waals surface area contributed by atoms with Crippen LogP contribution in [0, 0.1) is 11.8 Å². The molecular weight excluding hydrogens is 662 g/mol. The highest BCUT2D eigenvalue weighted by Gasteiger charge is 2.50. The second-order valence-corrected chi connectivity index (χ2v) is 15.4. The number of Topliss-reactive ketones (excluding diaryl/α,β-unsaturated/α-hetero) is 1. The number of ether oxygens (including phenoxy) is 5. The first-order valence-corrected chi connectivity index (χ1v) is 18.4. The maximum Gasteiger partial charge on any atom is 0.313 e. The van der Waals surface area contributed by atoms with E-state index in [9.17, 15) is 24.3 Å². The van der Waals surface area contributed by atoms with Gasteiger partial charge in [-0.2, -0.15) is 0 Å². The molecule has 0 spiro atoms. The zero-order chi connectivity index (χ0) is 38.1. The number of hydrogen-bond donors (Lipinski definition) is 5. The third kappa shape index (κ3) is 11.4. The molecule has 3 unspecified atom stereocenters. The molecule has 1 aliphatic carbocycles. The highest BCUT2D eigenvalue weighted by atomic mass is 16.7. The molecule has 0 aromatic carbocycles. The summed E-state index contributed by atoms with van der Waals surface area (Å²) in [4.78, 5) is 53.5. The van der Waals surface area contributed by atoms with Crippen molar-refractivity contribution in [3.05, 3.63) is 0 Å². The van der Waals surface area contributed by atoms with E-state index in [0.717, 1.165) is 12.8 Å². The molecule has 1 saturated carbocycles. The van der Waals surface area contributed by atoms with Gasteiger partial charge in [-0.25, -0.2) is 0 Å². The van der Waals surface area contributed by atoms with Crippen molar-refractivity contribution in [1.29, 1.82) is 0 Å². The number of nitrogens with zero attached hydrogens (tertiary/aromatic N) is 1. The molecule has 15 heteroatoms. The molecule has 3 rings (SSSR count). The highest BCUT2D eigenvalue weighted by Crippen LogP contribution is 2.36. The molecule has 0 aromatic rings. The molecule has 294 valence electrons. The number of methoxy groups -OCH3 is 2. The van der Waals surface area contributed by atoms with Gasteiger partial charge in [0.25, 0.3) is 0 Å². The van der Waals surface area contributed by atoms with Crippen molar-refractivity contribution in [2.45, 2.75) is 146 Å². The number of carbonyl (C=O) groups is 4. The molecule has 2 heterocycles. The van der Waals surface area contributed by atoms with Crippen LogP contribution in [0.3, 0.4) is 0 Å². The number of likely N-dealkylation sites (N-methyl/N-ethyl adjacent to an activating group) is 1. The van der Waals surface area contributed by atoms with Crippen LogP contribution < -0.4 is 21.3 Å². The van der Waals surface area contributed by atoms with Gasteiger partial charge in [-0.05, 0) is 79.4 Å². The predicted octanol–water partition coefficient (Wildman–Crippen LogP) is 0.506. The summed E-state index contributed by atoms with van der Waals surface area (Å²) in [6, 6.07) is -0.865. The van der Waals surface area contributed by atoms with Crippen molar-refractivity contribution in [3.8, 4) is 0 Å². The van der Waals surface area contributed by atoms with E-state index >= 15 is 0 Å². The fraction of sp³-hybridized carbons (Fsp3) is 0.889. The average molecular weight is 728 g/mol. The smallest absolute Gasteiger partial charge is 0.313 e. The molecule has 0 radical (unpaired) electrons. The second kappa shape index (κ2) is 19.2. The van der Waals surface area contributed by atoms with Crippen molar-refractivity contribution in [2.75, 3.05) is 47.9 Å². The Kier molecular flexibility index (Phi) is 16.2. The molecule has 0 bridgehead atoms. The summed E-state index contributed by atoms with van der Waals surface area (Å²) in [5.41, 5.74) is -2.20. The van der Waals surface area contributed by atoms with Gasteiger partial charge in [0, 0.05) is 44.8 Å². The van der Waals surface area contributed by atoms with Gasteiger partial charge in [0.1, 0.15) is 30.0 Å². The van der Waals surface area contributed by atoms with Gasteiger partial charge in [-0.1, -0.05) is 20.8 Å². The Morgan fingerprint density at radius 3 is 2.39 bits per heavy atom. The number of cyclic esters (lactones) is 1. The SMILES string of the molecule is CC[C@H]1OC(=O)CC(=O)[C@H](C)[C@@H](O[C@@H]2OC(CNC(=O)CNC3CC3)CC(N(C)C)C2O)[C@](C)(OC)C[C@@H](C)CN[C@H](C)[C@@H](NC=O)[C@]1(C)OC. The number of nitrogens with one attached hydrogen (secondary N) is 4. The summed E-state index contributed by atoms with van der Waals surface area (Å²) in [5.74, 6) is -2.22. The molecule has 0 aromatic heterocycles. The number of aliphatic hydroxyl groups excluding tert-OH is 1. The number of ketones is 1. The lowest BCUT2D eigenvalue weighted by atomic mass is 9.80. The zero-order valence-electron chi connectivity index (χ0n) is 32.4. The number of esters is 1. The van der Waals surface area contributed by atoms with Crippen molar-refractivity contribution in [3.63, 3.8) is 0 Å². The van der Waals surface area contributed by atoms with Crippen LogP contribution >= 0.6 is 0 Å². The molecule has 51 heavy (non-hydrogen) atoms. The largest absolute Gasteiger partial charge is 0.459 e. The summed E-state index contributed by atoms with van der Waals surface area (Å²) in [7, 11) is 6.77. The van der Waals surface area contributed by atoms with E-state index in [1.807, 2.05) is 46.7 Å². The summed E-state index contributed by atoms with van der Waals surface area (Å²) < 4.78 is 31.0. The standard InChI is InChI=1S/C36H65N5O10/c1-11-28-36(6,48-10)32(40-20-42)23(4)37-17-21(2)16-35(5,47-9)33(22(3)27(43)15-30(45)50-28)51-34-31(46)26(41(7)8)14-25(49-34)18-39-29(44)19-38-24-12-13-24/h20-26,28,31-34,37-38,46H,11-19H2,1-10H3,(H,39,44)(H,40,42)/t21-,22+,23-,25?,26?,28-,31?,32-,33-,34+,35-,36-/m1/s1. The predicted molar refractivity (Wildman–Crippen MR) is 190 cm³/mol. The Balaban J connectivity index is 1.93. The van der Waals surface area contributed by atoms with E-state index in [1.165, 1.54) is 7.11 Å². The Labute approximate surface area is 303 Å². The Morgan fingerprint density at radius 2 is 1.82 bits per heavy atom. The molecule has 5 N–H and O–H groups in total. The summed E-state index contributed by atoms with van der Waals surface area (Å²) in [6.45, 7) is 12.1. The average Bonchev–Trinajstić information content (AvgIpc) is 3.93. The van der Waals surface area contributed by atoms with E-state index < -0.39 is 72.0 Å². The first-order valence-electron chi connectivity index (χ1n) is 18.4. The molecular formula is C36H65N5O10. The summed E-state index contributed by atoms with van der Waals surface area (Å²) in [6.07, 6.45) is -1.03. The van der Waals surface area contributed by atoms with Gasteiger partial charge in [0.15, 0.2) is 6.29 Å². The fourth-order valence-electron chi connectivity index (χ4n) is 7.63. The van der Waals surface area contributed by atoms with Gasteiger partial charge < -0.3 is 55.0 Å². The molecule has 2 amide bonds. The molecule has 15 nitrogen and oxygen atoms in total.